The number of fused-ring (bicyclic) bond motifs is 1. The van der Waals surface area contributed by atoms with Crippen molar-refractivity contribution in [3.63, 3.8) is 0 Å². The largest absolute Gasteiger partial charge is 0.428 e. The van der Waals surface area contributed by atoms with Crippen molar-refractivity contribution in [3.8, 4) is 0 Å². The van der Waals surface area contributed by atoms with Crippen molar-refractivity contribution in [2.24, 2.45) is 5.92 Å². The first-order valence-electron chi connectivity index (χ1n) is 8.21. The second kappa shape index (κ2) is 7.93. The highest BCUT2D eigenvalue weighted by atomic mass is 32.2. The highest BCUT2D eigenvalue weighted by molar-refractivity contribution is 8.00. The van der Waals surface area contributed by atoms with Crippen LogP contribution >= 0.6 is 11.8 Å². The van der Waals surface area contributed by atoms with E-state index in [1.807, 2.05) is 38.4 Å². The van der Waals surface area contributed by atoms with Gasteiger partial charge in [-0.1, -0.05) is 18.2 Å². The molecule has 1 aliphatic heterocycles. The molecule has 2 heterocycles. The molecule has 0 aliphatic carbocycles. The Morgan fingerprint density at radius 1 is 1.24 bits per heavy atom. The number of carbonyl (C=O) groups is 2. The van der Waals surface area contributed by atoms with Gasteiger partial charge >= 0.3 is 12.1 Å². The summed E-state index contributed by atoms with van der Waals surface area (Å²) < 4.78 is 11.6. The van der Waals surface area contributed by atoms with Crippen molar-refractivity contribution in [1.82, 2.24) is 9.47 Å². The summed E-state index contributed by atoms with van der Waals surface area (Å²) in [5, 5.41) is 1.03. The van der Waals surface area contributed by atoms with E-state index in [0.29, 0.717) is 0 Å². The van der Waals surface area contributed by atoms with Crippen LogP contribution < -0.4 is 0 Å². The number of likely N-dealkylation sites (N-methyl/N-ethyl adjacent to an activating group) is 1. The number of hydrogen-bond donors (Lipinski definition) is 0. The molecule has 0 spiro atoms. The Balaban J connectivity index is 1.66. The third kappa shape index (κ3) is 4.16. The van der Waals surface area contributed by atoms with E-state index in [1.54, 1.807) is 18.0 Å². The molecule has 25 heavy (non-hydrogen) atoms. The van der Waals surface area contributed by atoms with E-state index < -0.39 is 6.09 Å². The number of thioether (sulfide) groups is 1. The van der Waals surface area contributed by atoms with Gasteiger partial charge in [-0.3, -0.25) is 9.36 Å². The van der Waals surface area contributed by atoms with Crippen LogP contribution in [0.25, 0.3) is 10.9 Å². The number of rotatable bonds is 6. The van der Waals surface area contributed by atoms with E-state index in [2.05, 4.69) is 4.90 Å². The average molecular weight is 362 g/mol. The lowest BCUT2D eigenvalue weighted by atomic mass is 10.1. The molecule has 2 aromatic rings. The summed E-state index contributed by atoms with van der Waals surface area (Å²) in [5.41, 5.74) is 1.88. The molecule has 1 aromatic heterocycles. The van der Waals surface area contributed by atoms with Gasteiger partial charge in [0.15, 0.2) is 0 Å². The zero-order valence-corrected chi connectivity index (χ0v) is 15.3. The molecule has 0 atom stereocenters. The van der Waals surface area contributed by atoms with Gasteiger partial charge in [0.2, 0.25) is 6.79 Å². The molecule has 1 fully saturated rings. The Morgan fingerprint density at radius 2 is 2.00 bits per heavy atom. The van der Waals surface area contributed by atoms with E-state index in [1.165, 1.54) is 4.57 Å². The van der Waals surface area contributed by atoms with Crippen molar-refractivity contribution in [2.75, 3.05) is 38.9 Å². The number of esters is 1. The number of nitrogens with zero attached hydrogens (tertiary/aromatic N) is 2. The minimum atomic E-state index is -0.539. The van der Waals surface area contributed by atoms with Crippen LogP contribution in [0.2, 0.25) is 0 Å². The fourth-order valence-corrected chi connectivity index (χ4v) is 3.39. The predicted octanol–water partition coefficient (Wildman–Crippen LogP) is 2.59. The van der Waals surface area contributed by atoms with Crippen LogP contribution in [0.3, 0.4) is 0 Å². The van der Waals surface area contributed by atoms with E-state index in [0.717, 1.165) is 40.9 Å². The van der Waals surface area contributed by atoms with Gasteiger partial charge < -0.3 is 14.4 Å². The Bertz CT molecular complexity index is 768. The second-order valence-corrected chi connectivity index (χ2v) is 7.40. The lowest BCUT2D eigenvalue weighted by Crippen LogP contribution is -2.30. The summed E-state index contributed by atoms with van der Waals surface area (Å²) in [6.07, 6.45) is 2.10. The summed E-state index contributed by atoms with van der Waals surface area (Å²) in [4.78, 5) is 26.2. The first-order valence-corrected chi connectivity index (χ1v) is 9.37. The fraction of sp³-hybridized carbons (Fsp3) is 0.444. The molecule has 134 valence electrons. The summed E-state index contributed by atoms with van der Waals surface area (Å²) in [6, 6.07) is 7.72. The van der Waals surface area contributed by atoms with Gasteiger partial charge in [0, 0.05) is 29.6 Å². The van der Waals surface area contributed by atoms with Gasteiger partial charge in [-0.25, -0.2) is 4.79 Å². The molecule has 0 amide bonds. The molecule has 6 nitrogen and oxygen atoms in total. The van der Waals surface area contributed by atoms with Crippen LogP contribution in [0, 0.1) is 5.92 Å². The Morgan fingerprint density at radius 3 is 2.68 bits per heavy atom. The van der Waals surface area contributed by atoms with Crippen LogP contribution in [0.1, 0.15) is 5.56 Å². The van der Waals surface area contributed by atoms with Crippen molar-refractivity contribution in [3.05, 3.63) is 36.0 Å². The predicted molar refractivity (Wildman–Crippen MR) is 97.8 cm³/mol. The topological polar surface area (TPSA) is 60.8 Å². The van der Waals surface area contributed by atoms with E-state index >= 15 is 0 Å². The lowest BCUT2D eigenvalue weighted by Gasteiger charge is -2.22. The first-order chi connectivity index (χ1) is 12.1. The SMILES string of the molecule is CN(C)CCc1cn(C(=O)OCOC(=O)C2CSC2)c2ccccc12. The van der Waals surface area contributed by atoms with Gasteiger partial charge in [0.1, 0.15) is 0 Å². The smallest absolute Gasteiger partial charge is 0.421 e. The van der Waals surface area contributed by atoms with Crippen molar-refractivity contribution >= 4 is 34.7 Å². The number of hydrogen-bond acceptors (Lipinski definition) is 6. The third-order valence-electron chi connectivity index (χ3n) is 4.17. The lowest BCUT2D eigenvalue weighted by molar-refractivity contribution is -0.155. The molecule has 7 heteroatoms. The van der Waals surface area contributed by atoms with E-state index in [4.69, 9.17) is 9.47 Å². The van der Waals surface area contributed by atoms with Crippen molar-refractivity contribution < 1.29 is 19.1 Å². The van der Waals surface area contributed by atoms with Crippen LogP contribution in [0.5, 0.6) is 0 Å². The summed E-state index contributed by atoms with van der Waals surface area (Å²) in [5.74, 6) is 1.21. The van der Waals surface area contributed by atoms with Crippen molar-refractivity contribution in [2.45, 2.75) is 6.42 Å². The molecule has 0 unspecified atom stereocenters. The second-order valence-electron chi connectivity index (χ2n) is 6.32. The summed E-state index contributed by atoms with van der Waals surface area (Å²) in [7, 11) is 4.03. The van der Waals surface area contributed by atoms with Crippen LogP contribution in [-0.2, 0) is 20.7 Å². The van der Waals surface area contributed by atoms with Crippen LogP contribution in [0.15, 0.2) is 30.5 Å². The number of ether oxygens (including phenoxy) is 2. The maximum Gasteiger partial charge on any atom is 0.421 e. The maximum atomic E-state index is 12.4. The van der Waals surface area contributed by atoms with Gasteiger partial charge in [0.05, 0.1) is 11.4 Å². The monoisotopic (exact) mass is 362 g/mol. The van der Waals surface area contributed by atoms with Gasteiger partial charge in [-0.15, -0.1) is 0 Å². The number of carbonyl (C=O) groups excluding carboxylic acids is 2. The van der Waals surface area contributed by atoms with Gasteiger partial charge in [-0.2, -0.15) is 11.8 Å². The molecular formula is C18H22N2O4S. The minimum absolute atomic E-state index is 0.0613. The number of aromatic nitrogens is 1. The quantitative estimate of drug-likeness (QED) is 0.581. The number of benzene rings is 1. The molecule has 3 rings (SSSR count). The Kier molecular flexibility index (Phi) is 5.65. The molecule has 1 aromatic carbocycles. The maximum absolute atomic E-state index is 12.4. The summed E-state index contributed by atoms with van der Waals surface area (Å²) in [6.45, 7) is 0.540. The molecule has 0 radical (unpaired) electrons. The molecular weight excluding hydrogens is 340 g/mol. The van der Waals surface area contributed by atoms with Gasteiger partial charge in [-0.05, 0) is 32.1 Å². The fourth-order valence-electron chi connectivity index (χ4n) is 2.64. The third-order valence-corrected chi connectivity index (χ3v) is 5.45. The highest BCUT2D eigenvalue weighted by Crippen LogP contribution is 2.25. The van der Waals surface area contributed by atoms with E-state index in [9.17, 15) is 9.59 Å². The number of para-hydroxylation sites is 1. The Labute approximate surface area is 151 Å². The van der Waals surface area contributed by atoms with Crippen LogP contribution in [0.4, 0.5) is 4.79 Å². The molecule has 0 bridgehead atoms. The molecule has 0 N–H and O–H groups in total. The summed E-state index contributed by atoms with van der Waals surface area (Å²) >= 11 is 1.70. The van der Waals surface area contributed by atoms with Gasteiger partial charge in [0.25, 0.3) is 0 Å². The minimum Gasteiger partial charge on any atom is -0.428 e. The normalized spacial score (nSPS) is 14.5. The average Bonchev–Trinajstić information content (AvgIpc) is 2.90. The molecule has 0 saturated carbocycles. The molecule has 1 aliphatic rings. The zero-order valence-electron chi connectivity index (χ0n) is 14.4. The van der Waals surface area contributed by atoms with E-state index in [-0.39, 0.29) is 18.7 Å². The Hall–Kier alpha value is -1.99. The highest BCUT2D eigenvalue weighted by Gasteiger charge is 2.27. The standard InChI is InChI=1S/C18H22N2O4S/c1-19(2)8-7-13-9-20(16-6-4-3-5-15(13)16)18(22)24-12-23-17(21)14-10-25-11-14/h3-6,9,14H,7-8,10-12H2,1-2H3. The zero-order chi connectivity index (χ0) is 17.8. The van der Waals surface area contributed by atoms with Crippen LogP contribution in [-0.4, -0.2) is 60.5 Å². The first kappa shape index (κ1) is 17.8. The van der Waals surface area contributed by atoms with Crippen molar-refractivity contribution in [1.29, 1.82) is 0 Å². The molecule has 1 saturated heterocycles.